The number of hydrogen-bond acceptors (Lipinski definition) is 6. The predicted molar refractivity (Wildman–Crippen MR) is 99.6 cm³/mol. The van der Waals surface area contributed by atoms with Crippen LogP contribution in [0.5, 0.6) is 0 Å². The molecular weight excluding hydrogens is 352 g/mol. The lowest BCUT2D eigenvalue weighted by Crippen LogP contribution is -2.46. The SMILES string of the molecule is CCO[Si](CCc1c2ccc(C)c1SSS2)(OCC)OCC. The van der Waals surface area contributed by atoms with Gasteiger partial charge in [0.2, 0.25) is 0 Å². The van der Waals surface area contributed by atoms with Crippen molar-refractivity contribution in [2.45, 2.75) is 50.0 Å². The summed E-state index contributed by atoms with van der Waals surface area (Å²) in [6, 6.07) is 5.29. The second-order valence-electron chi connectivity index (χ2n) is 4.91. The molecule has 0 spiro atoms. The zero-order valence-electron chi connectivity index (χ0n) is 13.6. The summed E-state index contributed by atoms with van der Waals surface area (Å²) >= 11 is 0. The Morgan fingerprint density at radius 3 is 2.18 bits per heavy atom. The molecule has 124 valence electrons. The summed E-state index contributed by atoms with van der Waals surface area (Å²) in [5.41, 5.74) is 2.79. The van der Waals surface area contributed by atoms with Crippen molar-refractivity contribution in [1.82, 2.24) is 0 Å². The van der Waals surface area contributed by atoms with Crippen LogP contribution in [0.25, 0.3) is 0 Å². The van der Waals surface area contributed by atoms with E-state index in [0.29, 0.717) is 19.8 Å². The smallest absolute Gasteiger partial charge is 0.374 e. The number of fused-ring (bicyclic) bond motifs is 2. The first-order valence-corrected chi connectivity index (χ1v) is 13.1. The van der Waals surface area contributed by atoms with Crippen LogP contribution in [0.15, 0.2) is 21.9 Å². The molecule has 7 heteroatoms. The second kappa shape index (κ2) is 9.01. The quantitative estimate of drug-likeness (QED) is 0.426. The Kier molecular flexibility index (Phi) is 7.66. The van der Waals surface area contributed by atoms with Gasteiger partial charge in [-0.1, -0.05) is 6.07 Å². The van der Waals surface area contributed by atoms with Gasteiger partial charge in [0.05, 0.1) is 0 Å². The van der Waals surface area contributed by atoms with Gasteiger partial charge in [0, 0.05) is 35.7 Å². The Bertz CT molecular complexity index is 482. The third kappa shape index (κ3) is 4.46. The van der Waals surface area contributed by atoms with Crippen LogP contribution in [-0.2, 0) is 19.7 Å². The highest BCUT2D eigenvalue weighted by Crippen LogP contribution is 2.54. The zero-order chi connectivity index (χ0) is 16.0. The fraction of sp³-hybridized carbons (Fsp3) is 0.600. The van der Waals surface area contributed by atoms with Crippen molar-refractivity contribution in [3.8, 4) is 0 Å². The molecule has 0 fully saturated rings. The van der Waals surface area contributed by atoms with Gasteiger partial charge in [0.15, 0.2) is 0 Å². The van der Waals surface area contributed by atoms with E-state index >= 15 is 0 Å². The van der Waals surface area contributed by atoms with E-state index in [1.807, 2.05) is 52.2 Å². The molecule has 1 aliphatic rings. The highest BCUT2D eigenvalue weighted by molar-refractivity contribution is 9.09. The number of hydrogen-bond donors (Lipinski definition) is 0. The first kappa shape index (κ1) is 18.7. The van der Waals surface area contributed by atoms with E-state index in [4.69, 9.17) is 13.3 Å². The molecular formula is C15H24O3S3Si. The van der Waals surface area contributed by atoms with Gasteiger partial charge in [-0.3, -0.25) is 0 Å². The van der Waals surface area contributed by atoms with Crippen LogP contribution in [0.2, 0.25) is 6.04 Å². The number of benzene rings is 1. The molecule has 22 heavy (non-hydrogen) atoms. The van der Waals surface area contributed by atoms with Crippen molar-refractivity contribution in [3.63, 3.8) is 0 Å². The van der Waals surface area contributed by atoms with E-state index < -0.39 is 8.80 Å². The maximum atomic E-state index is 5.97. The summed E-state index contributed by atoms with van der Waals surface area (Å²) in [7, 11) is 3.01. The molecule has 0 N–H and O–H groups in total. The summed E-state index contributed by atoms with van der Waals surface area (Å²) in [6.45, 7) is 10.1. The molecule has 1 aromatic carbocycles. The van der Waals surface area contributed by atoms with E-state index in [1.54, 1.807) is 0 Å². The Morgan fingerprint density at radius 1 is 0.955 bits per heavy atom. The van der Waals surface area contributed by atoms with Gasteiger partial charge in [-0.25, -0.2) is 0 Å². The molecule has 1 aromatic rings. The molecule has 0 saturated carbocycles. The highest BCUT2D eigenvalue weighted by atomic mass is 33.5. The van der Waals surface area contributed by atoms with Crippen LogP contribution in [0.4, 0.5) is 0 Å². The standard InChI is InChI=1S/C15H24O3S3Si/c1-5-16-22(17-6-2,18-7-3)11-10-13-14-9-8-12(4)15(13)20-21-19-14/h8-9H,5-7,10-11H2,1-4H3. The molecule has 0 unspecified atom stereocenters. The summed E-state index contributed by atoms with van der Waals surface area (Å²) < 4.78 is 17.9. The van der Waals surface area contributed by atoms with Crippen molar-refractivity contribution >= 4 is 40.2 Å². The molecule has 1 heterocycles. The van der Waals surface area contributed by atoms with Crippen molar-refractivity contribution in [2.75, 3.05) is 19.8 Å². The molecule has 0 radical (unpaired) electrons. The van der Waals surface area contributed by atoms with E-state index in [1.165, 1.54) is 20.9 Å². The fourth-order valence-electron chi connectivity index (χ4n) is 2.52. The van der Waals surface area contributed by atoms with Gasteiger partial charge in [-0.15, -0.1) is 0 Å². The van der Waals surface area contributed by atoms with Crippen LogP contribution in [0.3, 0.4) is 0 Å². The first-order valence-electron chi connectivity index (χ1n) is 7.71. The van der Waals surface area contributed by atoms with E-state index in [9.17, 15) is 0 Å². The lowest BCUT2D eigenvalue weighted by atomic mass is 10.1. The largest absolute Gasteiger partial charge is 0.501 e. The Hall–Kier alpha value is 0.367. The van der Waals surface area contributed by atoms with Gasteiger partial charge < -0.3 is 13.3 Å². The molecule has 0 amide bonds. The monoisotopic (exact) mass is 376 g/mol. The molecule has 0 aromatic heterocycles. The molecule has 0 saturated heterocycles. The maximum absolute atomic E-state index is 5.97. The average Bonchev–Trinajstić information content (AvgIpc) is 2.50. The Labute approximate surface area is 146 Å². The Morgan fingerprint density at radius 2 is 1.59 bits per heavy atom. The Balaban J connectivity index is 2.17. The van der Waals surface area contributed by atoms with Gasteiger partial charge in [0.1, 0.15) is 0 Å². The highest BCUT2D eigenvalue weighted by Gasteiger charge is 2.40. The lowest BCUT2D eigenvalue weighted by Gasteiger charge is -2.29. The van der Waals surface area contributed by atoms with Gasteiger partial charge >= 0.3 is 8.80 Å². The van der Waals surface area contributed by atoms with Crippen molar-refractivity contribution in [1.29, 1.82) is 0 Å². The normalized spacial score (nSPS) is 14.4. The fourth-order valence-corrected chi connectivity index (χ4v) is 9.53. The number of rotatable bonds is 9. The molecule has 1 aliphatic heterocycles. The van der Waals surface area contributed by atoms with E-state index in [0.717, 1.165) is 12.5 Å². The summed E-state index contributed by atoms with van der Waals surface area (Å²) in [6.07, 6.45) is 0.957. The minimum absolute atomic E-state index is 0.638. The molecule has 2 rings (SSSR count). The first-order chi connectivity index (χ1) is 10.7. The summed E-state index contributed by atoms with van der Waals surface area (Å²) in [5.74, 6) is 0. The second-order valence-corrected chi connectivity index (χ2v) is 11.6. The van der Waals surface area contributed by atoms with Crippen molar-refractivity contribution in [3.05, 3.63) is 23.3 Å². The molecule has 3 nitrogen and oxygen atoms in total. The average molecular weight is 377 g/mol. The maximum Gasteiger partial charge on any atom is 0.501 e. The third-order valence-corrected chi connectivity index (χ3v) is 10.6. The van der Waals surface area contributed by atoms with Crippen LogP contribution in [-0.4, -0.2) is 28.6 Å². The molecule has 0 aliphatic carbocycles. The minimum atomic E-state index is -2.56. The summed E-state index contributed by atoms with van der Waals surface area (Å²) in [4.78, 5) is 2.78. The van der Waals surface area contributed by atoms with Crippen LogP contribution < -0.4 is 0 Å². The van der Waals surface area contributed by atoms with Crippen LogP contribution in [0, 0.1) is 6.92 Å². The lowest BCUT2D eigenvalue weighted by molar-refractivity contribution is 0.0713. The number of aryl methyl sites for hydroxylation is 1. The third-order valence-electron chi connectivity index (χ3n) is 3.43. The molecule has 2 bridgehead atoms. The topological polar surface area (TPSA) is 27.7 Å². The summed E-state index contributed by atoms with van der Waals surface area (Å²) in [5, 5.41) is 0. The van der Waals surface area contributed by atoms with Crippen molar-refractivity contribution < 1.29 is 13.3 Å². The van der Waals surface area contributed by atoms with E-state index in [2.05, 4.69) is 19.1 Å². The zero-order valence-corrected chi connectivity index (χ0v) is 17.1. The van der Waals surface area contributed by atoms with Crippen LogP contribution in [0.1, 0.15) is 31.9 Å². The van der Waals surface area contributed by atoms with Gasteiger partial charge in [0.25, 0.3) is 0 Å². The van der Waals surface area contributed by atoms with Gasteiger partial charge in [-0.2, -0.15) is 0 Å². The molecule has 0 atom stereocenters. The van der Waals surface area contributed by atoms with Gasteiger partial charge in [-0.05, 0) is 82.7 Å². The van der Waals surface area contributed by atoms with Crippen molar-refractivity contribution in [2.24, 2.45) is 0 Å². The van der Waals surface area contributed by atoms with Crippen LogP contribution >= 0.6 is 31.4 Å². The van der Waals surface area contributed by atoms with E-state index in [-0.39, 0.29) is 0 Å². The predicted octanol–water partition coefficient (Wildman–Crippen LogP) is 5.35. The minimum Gasteiger partial charge on any atom is -0.374 e.